The zero-order valence-corrected chi connectivity index (χ0v) is 13.1. The van der Waals surface area contributed by atoms with E-state index >= 15 is 0 Å². The number of thiazole rings is 1. The second-order valence-electron chi connectivity index (χ2n) is 4.79. The van der Waals surface area contributed by atoms with Gasteiger partial charge in [-0.15, -0.1) is 11.3 Å². The Hall–Kier alpha value is -0.660. The van der Waals surface area contributed by atoms with Gasteiger partial charge in [0.25, 0.3) is 0 Å². The monoisotopic (exact) mass is 322 g/mol. The van der Waals surface area contributed by atoms with Crippen LogP contribution in [0.3, 0.4) is 0 Å². The molecule has 2 unspecified atom stereocenters. The number of aryl methyl sites for hydroxylation is 1. The van der Waals surface area contributed by atoms with E-state index in [2.05, 4.69) is 4.98 Å². The largest absolute Gasteiger partial charge is 0.334 e. The van der Waals surface area contributed by atoms with Gasteiger partial charge < -0.3 is 4.90 Å². The van der Waals surface area contributed by atoms with E-state index < -0.39 is 9.05 Å². The second-order valence-corrected chi connectivity index (χ2v) is 8.67. The van der Waals surface area contributed by atoms with Crippen LogP contribution in [-0.2, 0) is 13.8 Å². The molecule has 2 rings (SSSR count). The molecule has 0 aromatic carbocycles. The van der Waals surface area contributed by atoms with Crippen LogP contribution >= 0.6 is 22.0 Å². The van der Waals surface area contributed by atoms with Crippen molar-refractivity contribution in [2.75, 3.05) is 12.3 Å². The maximum Gasteiger partial charge on any atom is 0.232 e. The van der Waals surface area contributed by atoms with Crippen molar-refractivity contribution in [3.63, 3.8) is 0 Å². The van der Waals surface area contributed by atoms with Gasteiger partial charge in [0.2, 0.25) is 15.0 Å². The van der Waals surface area contributed by atoms with Gasteiger partial charge in [0.1, 0.15) is 0 Å². The van der Waals surface area contributed by atoms with Crippen molar-refractivity contribution in [2.45, 2.75) is 26.3 Å². The van der Waals surface area contributed by atoms with Crippen molar-refractivity contribution < 1.29 is 13.2 Å². The normalized spacial score (nSPS) is 21.9. The molecule has 106 valence electrons. The maximum absolute atomic E-state index is 12.0. The molecular weight excluding hydrogens is 308 g/mol. The lowest BCUT2D eigenvalue weighted by Crippen LogP contribution is -2.29. The predicted molar refractivity (Wildman–Crippen MR) is 74.7 cm³/mol. The third-order valence-corrected chi connectivity index (χ3v) is 5.24. The van der Waals surface area contributed by atoms with Gasteiger partial charge in [-0.05, 0) is 13.8 Å². The average Bonchev–Trinajstić information content (AvgIpc) is 2.82. The summed E-state index contributed by atoms with van der Waals surface area (Å²) in [6, 6.07) is -0.125. The molecule has 1 aromatic rings. The highest BCUT2D eigenvalue weighted by atomic mass is 35.7. The zero-order valence-electron chi connectivity index (χ0n) is 10.7. The van der Waals surface area contributed by atoms with E-state index in [9.17, 15) is 13.2 Å². The highest BCUT2D eigenvalue weighted by molar-refractivity contribution is 8.13. The predicted octanol–water partition coefficient (Wildman–Crippen LogP) is 1.93. The van der Waals surface area contributed by atoms with Crippen molar-refractivity contribution in [1.29, 1.82) is 0 Å². The van der Waals surface area contributed by atoms with Crippen LogP contribution in [0.2, 0.25) is 0 Å². The molecule has 8 heteroatoms. The van der Waals surface area contributed by atoms with Gasteiger partial charge >= 0.3 is 0 Å². The van der Waals surface area contributed by atoms with Gasteiger partial charge in [-0.2, -0.15) is 0 Å². The fourth-order valence-electron chi connectivity index (χ4n) is 2.31. The quantitative estimate of drug-likeness (QED) is 0.794. The summed E-state index contributed by atoms with van der Waals surface area (Å²) < 4.78 is 22.1. The Labute approximate surface area is 121 Å². The molecule has 2 atom stereocenters. The maximum atomic E-state index is 12.0. The van der Waals surface area contributed by atoms with Crippen LogP contribution in [0.4, 0.5) is 0 Å². The lowest BCUT2D eigenvalue weighted by atomic mass is 10.1. The third kappa shape index (κ3) is 3.67. The van der Waals surface area contributed by atoms with Crippen LogP contribution in [0.5, 0.6) is 0 Å². The number of hydrogen-bond donors (Lipinski definition) is 0. The number of hydrogen-bond acceptors (Lipinski definition) is 5. The van der Waals surface area contributed by atoms with E-state index in [1.54, 1.807) is 4.90 Å². The number of amides is 1. The molecule has 0 N–H and O–H groups in total. The van der Waals surface area contributed by atoms with Crippen molar-refractivity contribution in [2.24, 2.45) is 5.92 Å². The lowest BCUT2D eigenvalue weighted by molar-refractivity contribution is -0.129. The van der Waals surface area contributed by atoms with Crippen molar-refractivity contribution in [3.05, 3.63) is 16.1 Å². The first-order valence-corrected chi connectivity index (χ1v) is 9.26. The highest BCUT2D eigenvalue weighted by Crippen LogP contribution is 2.30. The lowest BCUT2D eigenvalue weighted by Gasteiger charge is -2.23. The zero-order chi connectivity index (χ0) is 14.2. The summed E-state index contributed by atoms with van der Waals surface area (Å²) >= 11 is 1.54. The van der Waals surface area contributed by atoms with Gasteiger partial charge in [0, 0.05) is 34.9 Å². The van der Waals surface area contributed by atoms with E-state index in [-0.39, 0.29) is 30.0 Å². The molecule has 0 saturated carbocycles. The van der Waals surface area contributed by atoms with Crippen molar-refractivity contribution >= 4 is 37.0 Å². The van der Waals surface area contributed by atoms with Gasteiger partial charge in [-0.25, -0.2) is 13.4 Å². The Morgan fingerprint density at radius 1 is 1.63 bits per heavy atom. The summed E-state index contributed by atoms with van der Waals surface area (Å²) in [7, 11) is 1.68. The van der Waals surface area contributed by atoms with E-state index in [1.165, 1.54) is 11.3 Å². The molecule has 0 radical (unpaired) electrons. The molecule has 1 saturated heterocycles. The van der Waals surface area contributed by atoms with Crippen LogP contribution in [-0.4, -0.2) is 36.5 Å². The minimum absolute atomic E-state index is 0.0385. The van der Waals surface area contributed by atoms with E-state index in [0.717, 1.165) is 10.7 Å². The Morgan fingerprint density at radius 2 is 2.32 bits per heavy atom. The first kappa shape index (κ1) is 14.7. The Balaban J connectivity index is 2.08. The number of nitrogens with zero attached hydrogens (tertiary/aromatic N) is 2. The van der Waals surface area contributed by atoms with E-state index in [0.29, 0.717) is 6.54 Å². The van der Waals surface area contributed by atoms with E-state index in [1.807, 2.05) is 19.2 Å². The van der Waals surface area contributed by atoms with Gasteiger partial charge in [-0.1, -0.05) is 0 Å². The first-order chi connectivity index (χ1) is 8.76. The number of carbonyl (C=O) groups excluding carboxylic acids is 1. The van der Waals surface area contributed by atoms with E-state index in [4.69, 9.17) is 10.7 Å². The molecular formula is C11H15ClN2O3S2. The molecule has 1 fully saturated rings. The van der Waals surface area contributed by atoms with Crippen molar-refractivity contribution in [1.82, 2.24) is 9.88 Å². The van der Waals surface area contributed by atoms with Crippen LogP contribution < -0.4 is 0 Å². The Morgan fingerprint density at radius 3 is 2.84 bits per heavy atom. The topological polar surface area (TPSA) is 67.3 Å². The smallest absolute Gasteiger partial charge is 0.232 e. The number of carbonyl (C=O) groups is 1. The minimum atomic E-state index is -3.56. The Bertz CT molecular complexity index is 585. The minimum Gasteiger partial charge on any atom is -0.334 e. The summed E-state index contributed by atoms with van der Waals surface area (Å²) in [5.41, 5.74) is 0.852. The van der Waals surface area contributed by atoms with Gasteiger partial charge in [0.05, 0.1) is 22.5 Å². The summed E-state index contributed by atoms with van der Waals surface area (Å²) in [6.07, 6.45) is 0.236. The highest BCUT2D eigenvalue weighted by Gasteiger charge is 2.35. The third-order valence-electron chi connectivity index (χ3n) is 3.21. The molecule has 1 aromatic heterocycles. The number of aromatic nitrogens is 1. The Kier molecular flexibility index (Phi) is 4.17. The molecule has 19 heavy (non-hydrogen) atoms. The van der Waals surface area contributed by atoms with Crippen LogP contribution in [0.15, 0.2) is 5.38 Å². The summed E-state index contributed by atoms with van der Waals surface area (Å²) in [6.45, 7) is 4.24. The number of halogens is 1. The standard InChI is InChI=1S/C11H15ClN2O3S2/c1-7(10-5-18-8(2)13-10)14-4-9(3-11(14)15)6-19(12,16)17/h5,7,9H,3-4,6H2,1-2H3. The molecule has 0 bridgehead atoms. The molecule has 1 aliphatic rings. The summed E-state index contributed by atoms with van der Waals surface area (Å²) in [5, 5.41) is 2.88. The fraction of sp³-hybridized carbons (Fsp3) is 0.636. The number of rotatable bonds is 4. The van der Waals surface area contributed by atoms with Crippen LogP contribution in [0.1, 0.15) is 30.1 Å². The fourth-order valence-corrected chi connectivity index (χ4v) is 4.33. The van der Waals surface area contributed by atoms with Crippen molar-refractivity contribution in [3.8, 4) is 0 Å². The SMILES string of the molecule is Cc1nc(C(C)N2CC(CS(=O)(=O)Cl)CC2=O)cs1. The molecule has 0 aliphatic carbocycles. The second kappa shape index (κ2) is 5.38. The number of likely N-dealkylation sites (tertiary alicyclic amines) is 1. The molecule has 2 heterocycles. The molecule has 5 nitrogen and oxygen atoms in total. The average molecular weight is 323 g/mol. The molecule has 1 amide bonds. The summed E-state index contributed by atoms with van der Waals surface area (Å²) in [5.74, 6) is -0.416. The van der Waals surface area contributed by atoms with Gasteiger partial charge in [0.15, 0.2) is 0 Å². The summed E-state index contributed by atoms with van der Waals surface area (Å²) in [4.78, 5) is 18.0. The first-order valence-electron chi connectivity index (χ1n) is 5.90. The van der Waals surface area contributed by atoms with Crippen LogP contribution in [0.25, 0.3) is 0 Å². The molecule has 1 aliphatic heterocycles. The van der Waals surface area contributed by atoms with Gasteiger partial charge in [-0.3, -0.25) is 4.79 Å². The van der Waals surface area contributed by atoms with Crippen LogP contribution in [0, 0.1) is 12.8 Å². The molecule has 0 spiro atoms.